The normalized spacial score (nSPS) is 16.0. The first-order valence-corrected chi connectivity index (χ1v) is 13.9. The summed E-state index contributed by atoms with van der Waals surface area (Å²) in [5.74, 6) is -5.94. The van der Waals surface area contributed by atoms with Gasteiger partial charge < -0.3 is 48.5 Å². The number of hydrogen-bond acceptors (Lipinski definition) is 8. The van der Waals surface area contributed by atoms with Gasteiger partial charge in [0.05, 0.1) is 13.0 Å². The van der Waals surface area contributed by atoms with Crippen LogP contribution in [-0.4, -0.2) is 101 Å². The number of nitrogens with two attached hydrogens (primary N) is 3. The highest BCUT2D eigenvalue weighted by Gasteiger charge is 2.37. The van der Waals surface area contributed by atoms with E-state index >= 15 is 0 Å². The average molecular weight is 618 g/mol. The van der Waals surface area contributed by atoms with Crippen molar-refractivity contribution in [2.24, 2.45) is 22.2 Å². The van der Waals surface area contributed by atoms with E-state index in [4.69, 9.17) is 22.3 Å². The van der Waals surface area contributed by atoms with Crippen molar-refractivity contribution in [1.82, 2.24) is 26.2 Å². The topological polar surface area (TPSA) is 282 Å². The Hall–Kier alpha value is -5.22. The maximum absolute atomic E-state index is 13.4. The van der Waals surface area contributed by atoms with Gasteiger partial charge in [-0.1, -0.05) is 18.2 Å². The van der Waals surface area contributed by atoms with Gasteiger partial charge in [-0.05, 0) is 44.7 Å². The average Bonchev–Trinajstić information content (AvgIpc) is 3.47. The largest absolute Gasteiger partial charge is 0.480 e. The van der Waals surface area contributed by atoms with E-state index < -0.39 is 72.6 Å². The molecule has 0 unspecified atom stereocenters. The molecule has 1 aliphatic heterocycles. The van der Waals surface area contributed by atoms with Crippen LogP contribution in [0.25, 0.3) is 0 Å². The van der Waals surface area contributed by atoms with Gasteiger partial charge in [0.25, 0.3) is 5.91 Å². The maximum Gasteiger partial charge on any atom is 0.325 e. The minimum absolute atomic E-state index is 0.0219. The second-order valence-corrected chi connectivity index (χ2v) is 10.1. The third kappa shape index (κ3) is 11.2. The number of amides is 6. The second-order valence-electron chi connectivity index (χ2n) is 10.1. The van der Waals surface area contributed by atoms with Gasteiger partial charge in [0.15, 0.2) is 5.96 Å². The third-order valence-electron chi connectivity index (χ3n) is 6.62. The van der Waals surface area contributed by atoms with Crippen molar-refractivity contribution >= 4 is 47.4 Å². The molecule has 0 spiro atoms. The molecule has 17 nitrogen and oxygen atoms in total. The molecule has 1 heterocycles. The van der Waals surface area contributed by atoms with E-state index in [1.807, 2.05) is 0 Å². The first-order chi connectivity index (χ1) is 20.8. The summed E-state index contributed by atoms with van der Waals surface area (Å²) in [5.41, 5.74) is 16.4. The summed E-state index contributed by atoms with van der Waals surface area (Å²) in [4.78, 5) is 92.4. The molecular weight excluding hydrogens is 578 g/mol. The molecule has 6 amide bonds. The molecule has 0 aliphatic carbocycles. The lowest BCUT2D eigenvalue weighted by atomic mass is 10.1. The smallest absolute Gasteiger partial charge is 0.325 e. The number of primary amides is 1. The fourth-order valence-electron chi connectivity index (χ4n) is 4.40. The monoisotopic (exact) mass is 617 g/mol. The first-order valence-electron chi connectivity index (χ1n) is 13.9. The Labute approximate surface area is 253 Å². The van der Waals surface area contributed by atoms with Crippen molar-refractivity contribution in [2.75, 3.05) is 19.6 Å². The van der Waals surface area contributed by atoms with Crippen LogP contribution in [0.3, 0.4) is 0 Å². The van der Waals surface area contributed by atoms with Crippen molar-refractivity contribution in [1.29, 1.82) is 0 Å². The van der Waals surface area contributed by atoms with Gasteiger partial charge in [0, 0.05) is 18.7 Å². The number of hydrogen-bond donors (Lipinski definition) is 8. The Kier molecular flexibility index (Phi) is 13.5. The number of carboxylic acid groups (broad SMARTS) is 1. The molecule has 2 rings (SSSR count). The number of aliphatic imine (C=N–C) groups is 1. The number of carbonyl (C=O) groups excluding carboxylic acids is 6. The van der Waals surface area contributed by atoms with Gasteiger partial charge in [-0.25, -0.2) is 0 Å². The number of rotatable bonds is 16. The van der Waals surface area contributed by atoms with E-state index in [1.54, 1.807) is 30.3 Å². The summed E-state index contributed by atoms with van der Waals surface area (Å²) >= 11 is 0. The van der Waals surface area contributed by atoms with Gasteiger partial charge in [-0.15, -0.1) is 0 Å². The molecule has 1 saturated heterocycles. The molecule has 44 heavy (non-hydrogen) atoms. The zero-order valence-corrected chi connectivity index (χ0v) is 24.3. The molecule has 1 aliphatic rings. The lowest BCUT2D eigenvalue weighted by Gasteiger charge is -2.27. The van der Waals surface area contributed by atoms with Crippen molar-refractivity contribution in [3.63, 3.8) is 0 Å². The summed E-state index contributed by atoms with van der Waals surface area (Å²) in [6.45, 7) is 1.04. The van der Waals surface area contributed by atoms with Crippen LogP contribution in [0.5, 0.6) is 0 Å². The molecular formula is C27H39N9O8. The number of carbonyl (C=O) groups is 7. The van der Waals surface area contributed by atoms with E-state index in [9.17, 15) is 33.6 Å². The van der Waals surface area contributed by atoms with E-state index in [-0.39, 0.29) is 31.3 Å². The highest BCUT2D eigenvalue weighted by atomic mass is 16.4. The summed E-state index contributed by atoms with van der Waals surface area (Å²) in [6, 6.07) is 3.62. The minimum atomic E-state index is -1.52. The molecule has 4 atom stereocenters. The molecule has 0 radical (unpaired) electrons. The predicted molar refractivity (Wildman–Crippen MR) is 156 cm³/mol. The molecule has 0 aromatic heterocycles. The summed E-state index contributed by atoms with van der Waals surface area (Å²) in [7, 11) is 0. The van der Waals surface area contributed by atoms with Crippen LogP contribution in [0.15, 0.2) is 35.3 Å². The lowest BCUT2D eigenvalue weighted by Crippen LogP contribution is -2.57. The number of nitrogens with one attached hydrogen (secondary N) is 4. The molecule has 1 aromatic carbocycles. The molecule has 11 N–H and O–H groups in total. The predicted octanol–water partition coefficient (Wildman–Crippen LogP) is -3.10. The Balaban J connectivity index is 2.15. The highest BCUT2D eigenvalue weighted by Crippen LogP contribution is 2.21. The Morgan fingerprint density at radius 2 is 1.66 bits per heavy atom. The van der Waals surface area contributed by atoms with Crippen LogP contribution < -0.4 is 38.5 Å². The Morgan fingerprint density at radius 3 is 2.27 bits per heavy atom. The van der Waals surface area contributed by atoms with Crippen LogP contribution in [-0.2, 0) is 28.8 Å². The Bertz CT molecular complexity index is 1250. The van der Waals surface area contributed by atoms with Gasteiger partial charge in [-0.2, -0.15) is 0 Å². The maximum atomic E-state index is 13.4. The van der Waals surface area contributed by atoms with Crippen LogP contribution in [0.1, 0.15) is 49.4 Å². The van der Waals surface area contributed by atoms with Gasteiger partial charge in [0.1, 0.15) is 24.2 Å². The number of nitrogens with zero attached hydrogens (tertiary/aromatic N) is 2. The van der Waals surface area contributed by atoms with Crippen LogP contribution in [0.4, 0.5) is 0 Å². The highest BCUT2D eigenvalue weighted by molar-refractivity contribution is 5.99. The summed E-state index contributed by atoms with van der Waals surface area (Å²) < 4.78 is 0. The Morgan fingerprint density at radius 1 is 0.977 bits per heavy atom. The van der Waals surface area contributed by atoms with Gasteiger partial charge in [0.2, 0.25) is 29.5 Å². The van der Waals surface area contributed by atoms with Gasteiger partial charge in [-0.3, -0.25) is 38.6 Å². The minimum Gasteiger partial charge on any atom is -0.480 e. The summed E-state index contributed by atoms with van der Waals surface area (Å²) in [5, 5.41) is 18.3. The molecule has 17 heteroatoms. The van der Waals surface area contributed by atoms with Crippen molar-refractivity contribution in [2.45, 2.75) is 63.2 Å². The van der Waals surface area contributed by atoms with Gasteiger partial charge >= 0.3 is 5.97 Å². The van der Waals surface area contributed by atoms with Crippen molar-refractivity contribution in [3.8, 4) is 0 Å². The van der Waals surface area contributed by atoms with E-state index in [0.29, 0.717) is 24.9 Å². The molecule has 1 fully saturated rings. The fourth-order valence-corrected chi connectivity index (χ4v) is 4.40. The first kappa shape index (κ1) is 35.0. The zero-order valence-electron chi connectivity index (χ0n) is 24.3. The SMILES string of the molecule is C[C@H](NC(=O)CNC(=O)[C@H](CC(N)=O)NC(=O)[C@H](CCCN=C(N)N)NC(=O)[C@@H]1CCCN1C(=O)c1ccccc1)C(=O)O. The molecule has 240 valence electrons. The van der Waals surface area contributed by atoms with E-state index in [2.05, 4.69) is 26.3 Å². The van der Waals surface area contributed by atoms with Crippen LogP contribution in [0.2, 0.25) is 0 Å². The standard InChI is InChI=1S/C27H39N9O8/c1-15(26(43)44)33-21(38)14-32-22(39)18(13-20(28)37)35-23(40)17(9-5-11-31-27(29)30)34-24(41)19-10-6-12-36(19)25(42)16-7-3-2-4-8-16/h2-4,7-8,15,17-19H,5-6,9-14H2,1H3,(H2,28,37)(H,32,39)(H,33,38)(H,34,41)(H,35,40)(H,43,44)(H4,29,30,31)/t15-,17-,18-,19-/m0/s1. The molecule has 0 saturated carbocycles. The fraction of sp³-hybridized carbons (Fsp3) is 0.481. The van der Waals surface area contributed by atoms with Crippen molar-refractivity contribution in [3.05, 3.63) is 35.9 Å². The van der Waals surface area contributed by atoms with E-state index in [1.165, 1.54) is 11.8 Å². The van der Waals surface area contributed by atoms with Crippen LogP contribution >= 0.6 is 0 Å². The quantitative estimate of drug-likeness (QED) is 0.0525. The third-order valence-corrected chi connectivity index (χ3v) is 6.62. The molecule has 1 aromatic rings. The number of aliphatic carboxylic acids is 1. The zero-order chi connectivity index (χ0) is 32.8. The number of benzene rings is 1. The lowest BCUT2D eigenvalue weighted by molar-refractivity contribution is -0.141. The van der Waals surface area contributed by atoms with E-state index in [0.717, 1.165) is 0 Å². The second kappa shape index (κ2) is 17.0. The van der Waals surface area contributed by atoms with Crippen molar-refractivity contribution < 1.29 is 38.7 Å². The number of carboxylic acids is 1. The molecule has 0 bridgehead atoms. The number of likely N-dealkylation sites (tertiary alicyclic amines) is 1. The summed E-state index contributed by atoms with van der Waals surface area (Å²) in [6.07, 6.45) is 0.553. The van der Waals surface area contributed by atoms with Crippen LogP contribution in [0, 0.1) is 0 Å². The number of guanidine groups is 1.